The molecule has 0 spiro atoms. The zero-order chi connectivity index (χ0) is 42.8. The third kappa shape index (κ3) is 42.8. The van der Waals surface area contributed by atoms with Crippen molar-refractivity contribution in [3.8, 4) is 0 Å². The van der Waals surface area contributed by atoms with E-state index in [2.05, 4.69) is 36.5 Å². The van der Waals surface area contributed by atoms with Crippen molar-refractivity contribution in [2.45, 2.75) is 231 Å². The fourth-order valence-electron chi connectivity index (χ4n) is 6.96. The van der Waals surface area contributed by atoms with E-state index in [9.17, 15) is 19.4 Å². The summed E-state index contributed by atoms with van der Waals surface area (Å²) in [5.74, 6) is -0.207. The number of carbonyl (C=O) groups excluding carboxylic acids is 1. The van der Waals surface area contributed by atoms with Crippen LogP contribution in [0.3, 0.4) is 0 Å². The summed E-state index contributed by atoms with van der Waals surface area (Å²) in [5.41, 5.74) is 0. The van der Waals surface area contributed by atoms with Crippen molar-refractivity contribution < 1.29 is 32.9 Å². The molecule has 2 N–H and O–H groups in total. The van der Waals surface area contributed by atoms with Crippen LogP contribution in [0.15, 0.2) is 36.5 Å². The number of hydrogen-bond acceptors (Lipinski definition) is 6. The van der Waals surface area contributed by atoms with E-state index in [-0.39, 0.29) is 19.1 Å². The second-order valence-corrected chi connectivity index (χ2v) is 19.2. The van der Waals surface area contributed by atoms with Gasteiger partial charge in [-0.2, -0.15) is 0 Å². The second-order valence-electron chi connectivity index (χ2n) is 17.8. The molecule has 58 heavy (non-hydrogen) atoms. The first kappa shape index (κ1) is 56.7. The molecule has 0 saturated carbocycles. The Labute approximate surface area is 359 Å². The highest BCUT2D eigenvalue weighted by Crippen LogP contribution is 2.38. The van der Waals surface area contributed by atoms with Gasteiger partial charge in [0.15, 0.2) is 0 Å². The summed E-state index contributed by atoms with van der Waals surface area (Å²) in [6, 6.07) is -0.879. The normalized spacial score (nSPS) is 14.5. The van der Waals surface area contributed by atoms with Crippen LogP contribution in [0, 0.1) is 0 Å². The third-order valence-electron chi connectivity index (χ3n) is 10.8. The standard InChI is InChI=1S/C49H95N2O6P/c1-6-8-10-11-12-13-14-15-16-17-18-19-20-21-22-23-24-25-26-27-28-29-30-31-32-33-34-35-36-37-38-39-41-43-49(53)50-47(48(52)42-40-9-7-2)46-57-58(54,55)56-45-44-51(3,4)5/h14-15,17-18,40,42,47-48,52H,6-13,16,19-39,41,43-46H2,1-5H3,(H-,50,53,54,55)/b15-14-,18-17-,42-40+. The lowest BCUT2D eigenvalue weighted by molar-refractivity contribution is -0.870. The molecular formula is C49H95N2O6P. The largest absolute Gasteiger partial charge is 0.756 e. The van der Waals surface area contributed by atoms with Crippen LogP contribution in [0.25, 0.3) is 0 Å². The van der Waals surface area contributed by atoms with Gasteiger partial charge in [-0.1, -0.05) is 204 Å². The summed E-state index contributed by atoms with van der Waals surface area (Å²) < 4.78 is 22.9. The van der Waals surface area contributed by atoms with E-state index < -0.39 is 20.0 Å². The number of hydrogen-bond donors (Lipinski definition) is 2. The van der Waals surface area contributed by atoms with E-state index >= 15 is 0 Å². The summed E-state index contributed by atoms with van der Waals surface area (Å²) >= 11 is 0. The first-order valence-electron chi connectivity index (χ1n) is 24.4. The Morgan fingerprint density at radius 1 is 0.603 bits per heavy atom. The smallest absolute Gasteiger partial charge is 0.268 e. The van der Waals surface area contributed by atoms with E-state index in [1.807, 2.05) is 34.1 Å². The fraction of sp³-hybridized carbons (Fsp3) is 0.857. The number of likely N-dealkylation sites (N-methyl/N-ethyl adjacent to an activating group) is 1. The van der Waals surface area contributed by atoms with Gasteiger partial charge in [-0.05, 0) is 44.9 Å². The fourth-order valence-corrected chi connectivity index (χ4v) is 7.68. The first-order valence-corrected chi connectivity index (χ1v) is 25.8. The molecule has 0 aromatic carbocycles. The molecule has 0 rings (SSSR count). The number of nitrogens with one attached hydrogen (secondary N) is 1. The van der Waals surface area contributed by atoms with E-state index in [4.69, 9.17) is 9.05 Å². The van der Waals surface area contributed by atoms with Gasteiger partial charge in [0.25, 0.3) is 7.82 Å². The summed E-state index contributed by atoms with van der Waals surface area (Å²) in [7, 11) is 1.26. The van der Waals surface area contributed by atoms with Gasteiger partial charge in [0.1, 0.15) is 13.2 Å². The summed E-state index contributed by atoms with van der Waals surface area (Å²) in [5, 5.41) is 13.4. The number of amides is 1. The third-order valence-corrected chi connectivity index (χ3v) is 11.8. The summed E-state index contributed by atoms with van der Waals surface area (Å²) in [6.45, 7) is 4.42. The molecule has 1 amide bonds. The van der Waals surface area contributed by atoms with Crippen molar-refractivity contribution >= 4 is 13.7 Å². The van der Waals surface area contributed by atoms with Crippen LogP contribution in [0.5, 0.6) is 0 Å². The number of quaternary nitrogens is 1. The van der Waals surface area contributed by atoms with E-state index in [1.54, 1.807) is 6.08 Å². The number of nitrogens with zero attached hydrogens (tertiary/aromatic N) is 1. The first-order chi connectivity index (χ1) is 28.0. The quantitative estimate of drug-likeness (QED) is 0.0274. The van der Waals surface area contributed by atoms with Crippen LogP contribution in [0.4, 0.5) is 0 Å². The number of carbonyl (C=O) groups is 1. The minimum atomic E-state index is -4.56. The summed E-state index contributed by atoms with van der Waals surface area (Å²) in [6.07, 6.45) is 51.8. The maximum Gasteiger partial charge on any atom is 0.268 e. The maximum atomic E-state index is 12.7. The Kier molecular flexibility index (Phi) is 40.2. The van der Waals surface area contributed by atoms with Crippen molar-refractivity contribution in [2.75, 3.05) is 40.9 Å². The molecule has 0 aromatic rings. The van der Waals surface area contributed by atoms with E-state index in [0.717, 1.165) is 38.5 Å². The number of phosphoric ester groups is 1. The van der Waals surface area contributed by atoms with Crippen molar-refractivity contribution in [1.29, 1.82) is 0 Å². The van der Waals surface area contributed by atoms with Crippen LogP contribution in [-0.2, 0) is 18.4 Å². The predicted molar refractivity (Wildman–Crippen MR) is 247 cm³/mol. The molecule has 3 unspecified atom stereocenters. The number of rotatable bonds is 44. The molecule has 0 aliphatic carbocycles. The van der Waals surface area contributed by atoms with Gasteiger partial charge in [0.2, 0.25) is 5.91 Å². The van der Waals surface area contributed by atoms with Gasteiger partial charge in [-0.25, -0.2) is 0 Å². The Bertz CT molecular complexity index is 1040. The van der Waals surface area contributed by atoms with Gasteiger partial charge in [-0.15, -0.1) is 0 Å². The number of aliphatic hydroxyl groups excluding tert-OH is 1. The van der Waals surface area contributed by atoms with E-state index in [1.165, 1.54) is 161 Å². The van der Waals surface area contributed by atoms with E-state index in [0.29, 0.717) is 17.4 Å². The predicted octanol–water partition coefficient (Wildman–Crippen LogP) is 13.2. The molecule has 0 aromatic heterocycles. The molecule has 0 radical (unpaired) electrons. The minimum absolute atomic E-state index is 0.00175. The molecule has 0 bridgehead atoms. The lowest BCUT2D eigenvalue weighted by atomic mass is 10.0. The zero-order valence-corrected chi connectivity index (χ0v) is 39.6. The Hall–Kier alpha value is -1.28. The van der Waals surface area contributed by atoms with Crippen LogP contribution in [0.1, 0.15) is 219 Å². The minimum Gasteiger partial charge on any atom is -0.756 e. The highest BCUT2D eigenvalue weighted by molar-refractivity contribution is 7.45. The van der Waals surface area contributed by atoms with Crippen molar-refractivity contribution in [3.05, 3.63) is 36.5 Å². The van der Waals surface area contributed by atoms with Crippen LogP contribution in [0.2, 0.25) is 0 Å². The van der Waals surface area contributed by atoms with Gasteiger partial charge in [0, 0.05) is 6.42 Å². The molecule has 8 nitrogen and oxygen atoms in total. The molecule has 9 heteroatoms. The zero-order valence-electron chi connectivity index (χ0n) is 38.8. The highest BCUT2D eigenvalue weighted by Gasteiger charge is 2.23. The number of phosphoric acid groups is 1. The Balaban J connectivity index is 3.70. The molecule has 0 saturated heterocycles. The summed E-state index contributed by atoms with van der Waals surface area (Å²) in [4.78, 5) is 25.0. The van der Waals surface area contributed by atoms with Gasteiger partial charge < -0.3 is 28.8 Å². The molecule has 0 fully saturated rings. The highest BCUT2D eigenvalue weighted by atomic mass is 31.2. The molecule has 3 atom stereocenters. The SMILES string of the molecule is CCC/C=C/C(O)C(COP(=O)([O-])OCC[N+](C)(C)C)NC(=O)CCCCCCCCCCCCCCCCCCCCCCC/C=C\C/C=C\CCCCCCC. The van der Waals surface area contributed by atoms with Crippen LogP contribution in [-0.4, -0.2) is 68.5 Å². The van der Waals surface area contributed by atoms with Crippen LogP contribution >= 0.6 is 7.82 Å². The molecule has 0 heterocycles. The van der Waals surface area contributed by atoms with Crippen LogP contribution < -0.4 is 10.2 Å². The second kappa shape index (κ2) is 41.1. The lowest BCUT2D eigenvalue weighted by Gasteiger charge is -2.29. The Morgan fingerprint density at radius 3 is 1.47 bits per heavy atom. The van der Waals surface area contributed by atoms with Gasteiger partial charge in [0.05, 0.1) is 39.9 Å². The average molecular weight is 839 g/mol. The Morgan fingerprint density at radius 2 is 1.03 bits per heavy atom. The van der Waals surface area contributed by atoms with Gasteiger partial charge >= 0.3 is 0 Å². The van der Waals surface area contributed by atoms with Crippen molar-refractivity contribution in [1.82, 2.24) is 5.32 Å². The molecule has 0 aliphatic heterocycles. The molecule has 0 aliphatic rings. The molecular weight excluding hydrogens is 744 g/mol. The lowest BCUT2D eigenvalue weighted by Crippen LogP contribution is -2.45. The topological polar surface area (TPSA) is 108 Å². The number of allylic oxidation sites excluding steroid dienone is 5. The average Bonchev–Trinajstić information content (AvgIpc) is 3.17. The number of aliphatic hydroxyl groups is 1. The molecule has 342 valence electrons. The maximum absolute atomic E-state index is 12.7. The monoisotopic (exact) mass is 839 g/mol. The number of unbranched alkanes of at least 4 members (excludes halogenated alkanes) is 27. The van der Waals surface area contributed by atoms with Crippen molar-refractivity contribution in [3.63, 3.8) is 0 Å². The van der Waals surface area contributed by atoms with Crippen molar-refractivity contribution in [2.24, 2.45) is 0 Å². The van der Waals surface area contributed by atoms with Gasteiger partial charge in [-0.3, -0.25) is 9.36 Å².